The molecule has 0 bridgehead atoms. The van der Waals surface area contributed by atoms with Crippen molar-refractivity contribution in [2.45, 2.75) is 30.3 Å². The monoisotopic (exact) mass is 553 g/mol. The van der Waals surface area contributed by atoms with E-state index in [2.05, 4.69) is 10.3 Å². The standard InChI is InChI=1S/C24H22Cl3N3O4S/c1-13(2)10-20(31)29-22(24(25,26)27)34-17-9-8-14(11-18(17)33-3)12-19-21(32)30-16-7-5-4-6-15(16)28-23(30)35-19/h4-9,11-13,22H,10H2,1-3H3,(H,29,31). The van der Waals surface area contributed by atoms with Crippen molar-refractivity contribution in [3.05, 3.63) is 62.9 Å². The lowest BCUT2D eigenvalue weighted by Crippen LogP contribution is -2.48. The number of para-hydroxylation sites is 2. The number of hydrogen-bond donors (Lipinski definition) is 1. The van der Waals surface area contributed by atoms with Crippen LogP contribution >= 0.6 is 46.1 Å². The molecule has 184 valence electrons. The molecule has 0 saturated heterocycles. The lowest BCUT2D eigenvalue weighted by Gasteiger charge is -2.27. The molecule has 2 aromatic heterocycles. The molecular formula is C24H22Cl3N3O4S. The first-order chi connectivity index (χ1) is 16.6. The van der Waals surface area contributed by atoms with Crippen LogP contribution in [0.15, 0.2) is 47.3 Å². The number of nitrogens with zero attached hydrogens (tertiary/aromatic N) is 2. The molecule has 0 saturated carbocycles. The number of fused-ring (bicyclic) bond motifs is 3. The maximum absolute atomic E-state index is 13.0. The summed E-state index contributed by atoms with van der Waals surface area (Å²) in [6.07, 6.45) is 0.761. The number of halogens is 3. The number of amides is 1. The highest BCUT2D eigenvalue weighted by Gasteiger charge is 2.36. The predicted molar refractivity (Wildman–Crippen MR) is 141 cm³/mol. The molecule has 35 heavy (non-hydrogen) atoms. The number of benzene rings is 2. The van der Waals surface area contributed by atoms with Crippen LogP contribution in [0, 0.1) is 5.92 Å². The van der Waals surface area contributed by atoms with Gasteiger partial charge in [0.05, 0.1) is 22.7 Å². The van der Waals surface area contributed by atoms with Gasteiger partial charge in [0.15, 0.2) is 16.5 Å². The van der Waals surface area contributed by atoms with Crippen molar-refractivity contribution in [1.82, 2.24) is 14.7 Å². The summed E-state index contributed by atoms with van der Waals surface area (Å²) in [6.45, 7) is 3.81. The second kappa shape index (κ2) is 10.2. The van der Waals surface area contributed by atoms with Crippen molar-refractivity contribution in [2.75, 3.05) is 7.11 Å². The van der Waals surface area contributed by atoms with Gasteiger partial charge in [-0.15, -0.1) is 0 Å². The number of carbonyl (C=O) groups is 1. The predicted octanol–water partition coefficient (Wildman–Crippen LogP) is 4.70. The van der Waals surface area contributed by atoms with E-state index in [-0.39, 0.29) is 29.6 Å². The molecule has 0 radical (unpaired) electrons. The molecule has 1 amide bonds. The van der Waals surface area contributed by atoms with Gasteiger partial charge >= 0.3 is 0 Å². The Morgan fingerprint density at radius 3 is 2.63 bits per heavy atom. The Labute approximate surface area is 220 Å². The number of methoxy groups -OCH3 is 1. The summed E-state index contributed by atoms with van der Waals surface area (Å²) in [7, 11) is 1.47. The van der Waals surface area contributed by atoms with Gasteiger partial charge in [-0.25, -0.2) is 9.38 Å². The Bertz CT molecular complexity index is 1490. The number of carbonyl (C=O) groups excluding carboxylic acids is 1. The van der Waals surface area contributed by atoms with Crippen molar-refractivity contribution in [2.24, 2.45) is 5.92 Å². The van der Waals surface area contributed by atoms with Crippen LogP contribution in [0.1, 0.15) is 25.8 Å². The van der Waals surface area contributed by atoms with Gasteiger partial charge in [0.1, 0.15) is 0 Å². The maximum Gasteiger partial charge on any atom is 0.274 e. The van der Waals surface area contributed by atoms with E-state index in [0.29, 0.717) is 20.8 Å². The fourth-order valence-corrected chi connectivity index (χ4v) is 4.80. The molecule has 2 heterocycles. The third-order valence-electron chi connectivity index (χ3n) is 5.06. The molecule has 4 aromatic rings. The zero-order valence-electron chi connectivity index (χ0n) is 19.1. The number of ether oxygens (including phenoxy) is 2. The quantitative estimate of drug-likeness (QED) is 0.264. The summed E-state index contributed by atoms with van der Waals surface area (Å²) < 4.78 is 11.5. The lowest BCUT2D eigenvalue weighted by atomic mass is 10.1. The number of imidazole rings is 1. The first-order valence-electron chi connectivity index (χ1n) is 10.7. The topological polar surface area (TPSA) is 81.9 Å². The molecule has 0 aliphatic heterocycles. The SMILES string of the molecule is COc1cc(C=c2sc3nc4ccccc4n3c2=O)ccc1OC(NC(=O)CC(C)C)C(Cl)(Cl)Cl. The fourth-order valence-electron chi connectivity index (χ4n) is 3.52. The Kier molecular flexibility index (Phi) is 7.47. The van der Waals surface area contributed by atoms with Crippen LogP contribution in [-0.2, 0) is 4.79 Å². The Morgan fingerprint density at radius 2 is 1.94 bits per heavy atom. The highest BCUT2D eigenvalue weighted by molar-refractivity contribution is 7.15. The number of alkyl halides is 3. The first kappa shape index (κ1) is 25.6. The van der Waals surface area contributed by atoms with E-state index in [4.69, 9.17) is 44.3 Å². The van der Waals surface area contributed by atoms with Crippen molar-refractivity contribution in [1.29, 1.82) is 0 Å². The molecular weight excluding hydrogens is 533 g/mol. The van der Waals surface area contributed by atoms with Crippen LogP contribution in [0.3, 0.4) is 0 Å². The largest absolute Gasteiger partial charge is 0.493 e. The Hall–Kier alpha value is -2.52. The van der Waals surface area contributed by atoms with E-state index in [1.165, 1.54) is 18.4 Å². The van der Waals surface area contributed by atoms with Crippen LogP contribution in [0.2, 0.25) is 0 Å². The molecule has 2 aromatic carbocycles. The second-order valence-electron chi connectivity index (χ2n) is 8.25. The van der Waals surface area contributed by atoms with Crippen molar-refractivity contribution in [3.8, 4) is 11.5 Å². The van der Waals surface area contributed by atoms with E-state index in [1.807, 2.05) is 38.1 Å². The van der Waals surface area contributed by atoms with Crippen LogP contribution in [0.25, 0.3) is 22.1 Å². The van der Waals surface area contributed by atoms with Crippen LogP contribution in [0.4, 0.5) is 0 Å². The Balaban J connectivity index is 1.65. The summed E-state index contributed by atoms with van der Waals surface area (Å²) >= 11 is 19.5. The summed E-state index contributed by atoms with van der Waals surface area (Å²) in [4.78, 5) is 30.4. The van der Waals surface area contributed by atoms with Gasteiger partial charge in [0, 0.05) is 6.42 Å². The average molecular weight is 555 g/mol. The molecule has 0 spiro atoms. The Morgan fingerprint density at radius 1 is 1.20 bits per heavy atom. The van der Waals surface area contributed by atoms with Gasteiger partial charge in [-0.3, -0.25) is 9.59 Å². The van der Waals surface area contributed by atoms with Gasteiger partial charge in [-0.1, -0.05) is 78.2 Å². The van der Waals surface area contributed by atoms with Crippen molar-refractivity contribution >= 4 is 74.1 Å². The molecule has 1 N–H and O–H groups in total. The number of aromatic nitrogens is 2. The van der Waals surface area contributed by atoms with E-state index in [1.54, 1.807) is 28.7 Å². The minimum atomic E-state index is -1.92. The zero-order chi connectivity index (χ0) is 25.3. The van der Waals surface area contributed by atoms with E-state index in [0.717, 1.165) is 11.0 Å². The molecule has 0 aliphatic carbocycles. The van der Waals surface area contributed by atoms with Crippen LogP contribution < -0.4 is 24.9 Å². The summed E-state index contributed by atoms with van der Waals surface area (Å²) in [5.74, 6) is 0.424. The third-order valence-corrected chi connectivity index (χ3v) is 6.62. The van der Waals surface area contributed by atoms with E-state index >= 15 is 0 Å². The minimum Gasteiger partial charge on any atom is -0.493 e. The second-order valence-corrected chi connectivity index (χ2v) is 11.6. The molecule has 1 unspecified atom stereocenters. The first-order valence-corrected chi connectivity index (χ1v) is 12.6. The molecule has 1 atom stereocenters. The van der Waals surface area contributed by atoms with Gasteiger partial charge in [0.2, 0.25) is 15.9 Å². The fraction of sp³-hybridized carbons (Fsp3) is 0.292. The molecule has 7 nitrogen and oxygen atoms in total. The summed E-state index contributed by atoms with van der Waals surface area (Å²) in [6, 6.07) is 12.6. The van der Waals surface area contributed by atoms with E-state index < -0.39 is 10.0 Å². The minimum absolute atomic E-state index is 0.124. The normalized spacial score (nSPS) is 13.5. The summed E-state index contributed by atoms with van der Waals surface area (Å²) in [5.41, 5.74) is 2.09. The van der Waals surface area contributed by atoms with Crippen molar-refractivity contribution < 1.29 is 14.3 Å². The van der Waals surface area contributed by atoms with Gasteiger partial charge < -0.3 is 14.8 Å². The number of nitrogens with one attached hydrogen (secondary N) is 1. The lowest BCUT2D eigenvalue weighted by molar-refractivity contribution is -0.124. The highest BCUT2D eigenvalue weighted by Crippen LogP contribution is 2.36. The van der Waals surface area contributed by atoms with Crippen LogP contribution in [-0.4, -0.2) is 32.4 Å². The molecule has 11 heteroatoms. The molecule has 0 fully saturated rings. The number of rotatable bonds is 7. The zero-order valence-corrected chi connectivity index (χ0v) is 22.1. The van der Waals surface area contributed by atoms with Crippen LogP contribution in [0.5, 0.6) is 11.5 Å². The maximum atomic E-state index is 13.0. The van der Waals surface area contributed by atoms with E-state index in [9.17, 15) is 9.59 Å². The third kappa shape index (κ3) is 5.67. The highest BCUT2D eigenvalue weighted by atomic mass is 35.6. The average Bonchev–Trinajstić information content (AvgIpc) is 3.29. The molecule has 4 rings (SSSR count). The van der Waals surface area contributed by atoms with Crippen molar-refractivity contribution in [3.63, 3.8) is 0 Å². The number of hydrogen-bond acceptors (Lipinski definition) is 6. The summed E-state index contributed by atoms with van der Waals surface area (Å²) in [5, 5.41) is 2.61. The van der Waals surface area contributed by atoms with Gasteiger partial charge in [-0.2, -0.15) is 0 Å². The molecule has 0 aliphatic rings. The smallest absolute Gasteiger partial charge is 0.274 e. The van der Waals surface area contributed by atoms with Gasteiger partial charge in [0.25, 0.3) is 5.56 Å². The van der Waals surface area contributed by atoms with Gasteiger partial charge in [-0.05, 0) is 41.8 Å². The number of thiazole rings is 1.